The third kappa shape index (κ3) is 3.85. The van der Waals surface area contributed by atoms with Crippen LogP contribution in [0.2, 0.25) is 0 Å². The summed E-state index contributed by atoms with van der Waals surface area (Å²) in [7, 11) is 0. The molecule has 0 aliphatic heterocycles. The van der Waals surface area contributed by atoms with E-state index >= 15 is 0 Å². The van der Waals surface area contributed by atoms with Gasteiger partial charge >= 0.3 is 6.18 Å². The number of anilines is 1. The molecule has 1 heterocycles. The monoisotopic (exact) mass is 367 g/mol. The Bertz CT molecular complexity index is 925. The van der Waals surface area contributed by atoms with Crippen LogP contribution in [0.5, 0.6) is 0 Å². The zero-order valence-corrected chi connectivity index (χ0v) is 13.4. The average molecular weight is 367 g/mol. The second kappa shape index (κ2) is 6.63. The highest BCUT2D eigenvalue weighted by molar-refractivity contribution is 7.99. The smallest absolute Gasteiger partial charge is 0.335 e. The number of alkyl halides is 3. The molecule has 3 rings (SSSR count). The van der Waals surface area contributed by atoms with E-state index in [-0.39, 0.29) is 10.9 Å². The van der Waals surface area contributed by atoms with E-state index in [1.807, 2.05) is 36.4 Å². The molecule has 2 aromatic carbocycles. The molecule has 130 valence electrons. The number of hydrogen-bond donors (Lipinski definition) is 2. The minimum absolute atomic E-state index is 0.153. The lowest BCUT2D eigenvalue weighted by atomic mass is 10.1. The summed E-state index contributed by atoms with van der Waals surface area (Å²) in [5.74, 6) is 3.45. The number of carbonyl (C=O) groups is 1. The van der Waals surface area contributed by atoms with E-state index in [0.29, 0.717) is 10.4 Å². The molecule has 10 heteroatoms. The molecule has 0 radical (unpaired) electrons. The van der Waals surface area contributed by atoms with Gasteiger partial charge < -0.3 is 11.2 Å². The third-order valence-electron chi connectivity index (χ3n) is 3.28. The number of hydrogen-bond acceptors (Lipinski definition) is 5. The van der Waals surface area contributed by atoms with Crippen LogP contribution in [-0.2, 0) is 11.0 Å². The second-order valence-electron chi connectivity index (χ2n) is 5.07. The largest absolute Gasteiger partial charge is 0.453 e. The van der Waals surface area contributed by atoms with E-state index < -0.39 is 17.9 Å². The maximum atomic E-state index is 12.6. The first-order valence-corrected chi connectivity index (χ1v) is 8.02. The number of rotatable bonds is 4. The van der Waals surface area contributed by atoms with E-state index in [4.69, 9.17) is 5.84 Å². The van der Waals surface area contributed by atoms with Crippen molar-refractivity contribution in [3.63, 3.8) is 0 Å². The van der Waals surface area contributed by atoms with Crippen LogP contribution in [0.25, 0.3) is 10.8 Å². The molecule has 25 heavy (non-hydrogen) atoms. The van der Waals surface area contributed by atoms with Crippen molar-refractivity contribution in [3.8, 4) is 0 Å². The van der Waals surface area contributed by atoms with Gasteiger partial charge in [-0.05, 0) is 22.9 Å². The zero-order valence-electron chi connectivity index (χ0n) is 12.6. The van der Waals surface area contributed by atoms with Gasteiger partial charge in [0.2, 0.25) is 11.1 Å². The van der Waals surface area contributed by atoms with Gasteiger partial charge in [-0.25, -0.2) is 4.68 Å². The Morgan fingerprint density at radius 3 is 2.56 bits per heavy atom. The predicted molar refractivity (Wildman–Crippen MR) is 88.5 cm³/mol. The van der Waals surface area contributed by atoms with Crippen molar-refractivity contribution in [1.82, 2.24) is 14.9 Å². The number of nitrogens with two attached hydrogens (primary N) is 1. The van der Waals surface area contributed by atoms with Crippen molar-refractivity contribution in [2.45, 2.75) is 11.3 Å². The van der Waals surface area contributed by atoms with E-state index in [1.54, 1.807) is 6.07 Å². The Morgan fingerprint density at radius 2 is 1.88 bits per heavy atom. The van der Waals surface area contributed by atoms with Crippen LogP contribution in [-0.4, -0.2) is 26.5 Å². The molecule has 0 bridgehead atoms. The number of fused-ring (bicyclic) bond motifs is 1. The molecule has 1 amide bonds. The van der Waals surface area contributed by atoms with Crippen LogP contribution in [0, 0.1) is 0 Å². The number of halogens is 3. The summed E-state index contributed by atoms with van der Waals surface area (Å²) in [6, 6.07) is 13.1. The Morgan fingerprint density at radius 1 is 1.16 bits per heavy atom. The average Bonchev–Trinajstić information content (AvgIpc) is 2.94. The van der Waals surface area contributed by atoms with E-state index in [2.05, 4.69) is 15.5 Å². The molecule has 3 N–H and O–H groups in total. The normalized spacial score (nSPS) is 11.6. The summed E-state index contributed by atoms with van der Waals surface area (Å²) >= 11 is 0.767. The number of nitrogen functional groups attached to an aromatic ring is 1. The second-order valence-corrected chi connectivity index (χ2v) is 6.02. The lowest BCUT2D eigenvalue weighted by molar-refractivity contribution is -0.146. The fourth-order valence-electron chi connectivity index (χ4n) is 2.16. The number of aromatic nitrogens is 3. The zero-order chi connectivity index (χ0) is 18.0. The maximum absolute atomic E-state index is 12.6. The van der Waals surface area contributed by atoms with Crippen LogP contribution in [0.1, 0.15) is 5.82 Å². The van der Waals surface area contributed by atoms with Gasteiger partial charge in [0.1, 0.15) is 0 Å². The van der Waals surface area contributed by atoms with Gasteiger partial charge in [-0.15, -0.1) is 10.2 Å². The van der Waals surface area contributed by atoms with E-state index in [0.717, 1.165) is 22.5 Å². The minimum atomic E-state index is -4.70. The first-order chi connectivity index (χ1) is 11.8. The molecular formula is C15H12F3N5OS. The Hall–Kier alpha value is -2.75. The fourth-order valence-corrected chi connectivity index (χ4v) is 2.82. The van der Waals surface area contributed by atoms with Crippen molar-refractivity contribution in [1.29, 1.82) is 0 Å². The highest BCUT2D eigenvalue weighted by Crippen LogP contribution is 2.29. The number of amides is 1. The lowest BCUT2D eigenvalue weighted by Crippen LogP contribution is -2.22. The maximum Gasteiger partial charge on any atom is 0.453 e. The van der Waals surface area contributed by atoms with Crippen molar-refractivity contribution in [2.24, 2.45) is 0 Å². The van der Waals surface area contributed by atoms with E-state index in [9.17, 15) is 18.0 Å². The van der Waals surface area contributed by atoms with Gasteiger partial charge in [0.25, 0.3) is 5.82 Å². The number of carbonyl (C=O) groups excluding carboxylic acids is 1. The molecular weight excluding hydrogens is 355 g/mol. The van der Waals surface area contributed by atoms with Gasteiger partial charge in [-0.3, -0.25) is 4.79 Å². The van der Waals surface area contributed by atoms with Crippen LogP contribution < -0.4 is 11.2 Å². The highest BCUT2D eigenvalue weighted by atomic mass is 32.2. The topological polar surface area (TPSA) is 85.8 Å². The Balaban J connectivity index is 1.64. The molecule has 0 unspecified atom stereocenters. The van der Waals surface area contributed by atoms with Crippen molar-refractivity contribution in [3.05, 3.63) is 48.3 Å². The Kier molecular flexibility index (Phi) is 4.53. The van der Waals surface area contributed by atoms with E-state index in [1.165, 1.54) is 0 Å². The standard InChI is InChI=1S/C15H12F3N5OS/c16-15(17,18)13-21-22-14(23(13)19)25-8-12(24)20-11-6-5-9-3-1-2-4-10(9)7-11/h1-7H,8,19H2,(H,20,24). The van der Waals surface area contributed by atoms with Gasteiger partial charge in [0, 0.05) is 5.69 Å². The quantitative estimate of drug-likeness (QED) is 0.547. The molecule has 0 aliphatic carbocycles. The van der Waals surface area contributed by atoms with Crippen molar-refractivity contribution >= 4 is 34.1 Å². The molecule has 0 aliphatic rings. The molecule has 0 fully saturated rings. The molecule has 0 saturated heterocycles. The molecule has 6 nitrogen and oxygen atoms in total. The molecule has 0 atom stereocenters. The van der Waals surface area contributed by atoms with Gasteiger partial charge in [-0.1, -0.05) is 42.1 Å². The molecule has 0 spiro atoms. The number of nitrogens with zero attached hydrogens (tertiary/aromatic N) is 3. The van der Waals surface area contributed by atoms with Gasteiger partial charge in [0.15, 0.2) is 0 Å². The number of nitrogens with one attached hydrogen (secondary N) is 1. The summed E-state index contributed by atoms with van der Waals surface area (Å²) in [6.07, 6.45) is -4.70. The van der Waals surface area contributed by atoms with Crippen molar-refractivity contribution < 1.29 is 18.0 Å². The first kappa shape index (κ1) is 17.1. The van der Waals surface area contributed by atoms with Crippen LogP contribution in [0.3, 0.4) is 0 Å². The van der Waals surface area contributed by atoms with Crippen LogP contribution >= 0.6 is 11.8 Å². The third-order valence-corrected chi connectivity index (χ3v) is 4.23. The Labute approximate surface area is 144 Å². The summed E-state index contributed by atoms with van der Waals surface area (Å²) in [4.78, 5) is 12.0. The number of benzene rings is 2. The molecule has 1 aromatic heterocycles. The summed E-state index contributed by atoms with van der Waals surface area (Å²) < 4.78 is 38.1. The highest BCUT2D eigenvalue weighted by Gasteiger charge is 2.38. The predicted octanol–water partition coefficient (Wildman–Crippen LogP) is 2.89. The SMILES string of the molecule is Nn1c(SCC(=O)Nc2ccc3ccccc3c2)nnc1C(F)(F)F. The minimum Gasteiger partial charge on any atom is -0.335 e. The van der Waals surface area contributed by atoms with Crippen molar-refractivity contribution in [2.75, 3.05) is 16.9 Å². The lowest BCUT2D eigenvalue weighted by Gasteiger charge is -2.07. The summed E-state index contributed by atoms with van der Waals surface area (Å²) in [6.45, 7) is 0. The number of thioether (sulfide) groups is 1. The van der Waals surface area contributed by atoms with Gasteiger partial charge in [0.05, 0.1) is 5.75 Å². The van der Waals surface area contributed by atoms with Crippen LogP contribution in [0.15, 0.2) is 47.6 Å². The first-order valence-electron chi connectivity index (χ1n) is 7.04. The van der Waals surface area contributed by atoms with Gasteiger partial charge in [-0.2, -0.15) is 13.2 Å². The van der Waals surface area contributed by atoms with Crippen LogP contribution in [0.4, 0.5) is 18.9 Å². The molecule has 0 saturated carbocycles. The summed E-state index contributed by atoms with van der Waals surface area (Å²) in [5, 5.41) is 10.8. The fraction of sp³-hybridized carbons (Fsp3) is 0.133. The summed E-state index contributed by atoms with van der Waals surface area (Å²) in [5.41, 5.74) is 0.592. The molecule has 3 aromatic rings.